The van der Waals surface area contributed by atoms with E-state index >= 15 is 0 Å². The Labute approximate surface area is 153 Å². The van der Waals surface area contributed by atoms with Gasteiger partial charge in [-0.15, -0.1) is 5.10 Å². The van der Waals surface area contributed by atoms with Crippen LogP contribution in [-0.2, 0) is 13.1 Å². The molecule has 0 aliphatic carbocycles. The number of hydrogen-bond donors (Lipinski definition) is 2. The quantitative estimate of drug-likeness (QED) is 0.676. The standard InChI is InChI=1S/C17H28N8O/c1-13-20-14(2)25(22-13)10-5-9-19-17(26)16-12-24(23-21-16)11-7-15-6-3-4-8-18-15/h12,15,18H,3-11H2,1-2H3,(H,19,26). The number of hydrogen-bond acceptors (Lipinski definition) is 6. The van der Waals surface area contributed by atoms with E-state index in [0.29, 0.717) is 18.3 Å². The predicted octanol–water partition coefficient (Wildman–Crippen LogP) is 0.839. The molecule has 3 rings (SSSR count). The van der Waals surface area contributed by atoms with E-state index in [0.717, 1.165) is 44.1 Å². The Kier molecular flexibility index (Phi) is 6.32. The van der Waals surface area contributed by atoms with Gasteiger partial charge in [0.2, 0.25) is 0 Å². The molecule has 2 aromatic heterocycles. The van der Waals surface area contributed by atoms with E-state index < -0.39 is 0 Å². The molecule has 2 N–H and O–H groups in total. The molecule has 3 heterocycles. The lowest BCUT2D eigenvalue weighted by molar-refractivity contribution is 0.0947. The van der Waals surface area contributed by atoms with Gasteiger partial charge in [-0.1, -0.05) is 11.6 Å². The number of piperidine rings is 1. The van der Waals surface area contributed by atoms with Crippen LogP contribution in [0.1, 0.15) is 54.2 Å². The first-order valence-corrected chi connectivity index (χ1v) is 9.41. The first-order chi connectivity index (χ1) is 12.6. The molecule has 1 atom stereocenters. The Balaban J connectivity index is 1.38. The van der Waals surface area contributed by atoms with Gasteiger partial charge in [0.05, 0.1) is 6.20 Å². The third-order valence-electron chi connectivity index (χ3n) is 4.69. The lowest BCUT2D eigenvalue weighted by Gasteiger charge is -2.23. The Hall–Kier alpha value is -2.29. The van der Waals surface area contributed by atoms with Crippen molar-refractivity contribution in [3.8, 4) is 0 Å². The van der Waals surface area contributed by atoms with Gasteiger partial charge in [-0.3, -0.25) is 14.2 Å². The van der Waals surface area contributed by atoms with Crippen molar-refractivity contribution in [2.45, 2.75) is 65.1 Å². The van der Waals surface area contributed by atoms with E-state index in [1.165, 1.54) is 19.3 Å². The molecule has 1 fully saturated rings. The monoisotopic (exact) mass is 360 g/mol. The maximum absolute atomic E-state index is 12.2. The number of rotatable bonds is 8. The van der Waals surface area contributed by atoms with Gasteiger partial charge in [0.15, 0.2) is 5.69 Å². The van der Waals surface area contributed by atoms with Crippen LogP contribution < -0.4 is 10.6 Å². The maximum atomic E-state index is 12.2. The third-order valence-corrected chi connectivity index (χ3v) is 4.69. The van der Waals surface area contributed by atoms with Crippen LogP contribution in [0, 0.1) is 13.8 Å². The van der Waals surface area contributed by atoms with E-state index in [9.17, 15) is 4.79 Å². The van der Waals surface area contributed by atoms with Crippen molar-refractivity contribution in [2.24, 2.45) is 0 Å². The molecule has 1 aliphatic rings. The SMILES string of the molecule is Cc1nc(C)n(CCCNC(=O)c2cn(CCC3CCCCN3)nn2)n1. The molecule has 1 saturated heterocycles. The van der Waals surface area contributed by atoms with Crippen molar-refractivity contribution in [1.29, 1.82) is 0 Å². The summed E-state index contributed by atoms with van der Waals surface area (Å²) in [6.45, 7) is 6.98. The minimum atomic E-state index is -0.182. The van der Waals surface area contributed by atoms with E-state index in [4.69, 9.17) is 0 Å². The summed E-state index contributed by atoms with van der Waals surface area (Å²) in [5.74, 6) is 1.48. The Morgan fingerprint density at radius 1 is 1.35 bits per heavy atom. The van der Waals surface area contributed by atoms with Gasteiger partial charge >= 0.3 is 0 Å². The molecule has 9 heteroatoms. The summed E-state index contributed by atoms with van der Waals surface area (Å²) in [7, 11) is 0. The van der Waals surface area contributed by atoms with E-state index in [1.54, 1.807) is 10.9 Å². The summed E-state index contributed by atoms with van der Waals surface area (Å²) in [5.41, 5.74) is 0.370. The van der Waals surface area contributed by atoms with Crippen LogP contribution in [0.25, 0.3) is 0 Å². The number of nitrogens with zero attached hydrogens (tertiary/aromatic N) is 6. The molecule has 0 bridgehead atoms. The summed E-state index contributed by atoms with van der Waals surface area (Å²) in [6, 6.07) is 0.550. The molecule has 0 saturated carbocycles. The fraction of sp³-hybridized carbons (Fsp3) is 0.706. The normalized spacial score (nSPS) is 17.4. The summed E-state index contributed by atoms with van der Waals surface area (Å²) in [4.78, 5) is 16.4. The van der Waals surface area contributed by atoms with Gasteiger partial charge in [-0.05, 0) is 46.1 Å². The van der Waals surface area contributed by atoms with Crippen LogP contribution in [0.5, 0.6) is 0 Å². The zero-order valence-electron chi connectivity index (χ0n) is 15.6. The fourth-order valence-electron chi connectivity index (χ4n) is 3.26. The number of aromatic nitrogens is 6. The van der Waals surface area contributed by atoms with Gasteiger partial charge in [0.1, 0.15) is 11.6 Å². The Bertz CT molecular complexity index is 716. The van der Waals surface area contributed by atoms with Crippen molar-refractivity contribution in [1.82, 2.24) is 40.4 Å². The van der Waals surface area contributed by atoms with Gasteiger partial charge in [0, 0.05) is 25.7 Å². The summed E-state index contributed by atoms with van der Waals surface area (Å²) in [6.07, 6.45) is 7.30. The lowest BCUT2D eigenvalue weighted by atomic mass is 10.0. The molecular formula is C17H28N8O. The smallest absolute Gasteiger partial charge is 0.273 e. The average molecular weight is 360 g/mol. The molecular weight excluding hydrogens is 332 g/mol. The summed E-state index contributed by atoms with van der Waals surface area (Å²) in [5, 5.41) is 18.8. The van der Waals surface area contributed by atoms with E-state index in [-0.39, 0.29) is 5.91 Å². The number of nitrogens with one attached hydrogen (secondary N) is 2. The number of aryl methyl sites for hydroxylation is 4. The second kappa shape index (κ2) is 8.88. The average Bonchev–Trinajstić information content (AvgIpc) is 3.24. The molecule has 142 valence electrons. The van der Waals surface area contributed by atoms with Crippen molar-refractivity contribution in [2.75, 3.05) is 13.1 Å². The molecule has 2 aromatic rings. The van der Waals surface area contributed by atoms with E-state index in [1.807, 2.05) is 18.5 Å². The minimum Gasteiger partial charge on any atom is -0.351 e. The van der Waals surface area contributed by atoms with Crippen molar-refractivity contribution < 1.29 is 4.79 Å². The second-order valence-electron chi connectivity index (χ2n) is 6.84. The van der Waals surface area contributed by atoms with Crippen molar-refractivity contribution >= 4 is 5.91 Å². The van der Waals surface area contributed by atoms with Crippen LogP contribution in [-0.4, -0.2) is 54.8 Å². The number of carbonyl (C=O) groups is 1. The largest absolute Gasteiger partial charge is 0.351 e. The minimum absolute atomic E-state index is 0.182. The van der Waals surface area contributed by atoms with E-state index in [2.05, 4.69) is 31.0 Å². The molecule has 0 spiro atoms. The molecule has 1 amide bonds. The third kappa shape index (κ3) is 5.10. The Morgan fingerprint density at radius 3 is 2.96 bits per heavy atom. The van der Waals surface area contributed by atoms with Crippen LogP contribution in [0.4, 0.5) is 0 Å². The molecule has 1 aliphatic heterocycles. The zero-order valence-corrected chi connectivity index (χ0v) is 15.6. The Morgan fingerprint density at radius 2 is 2.23 bits per heavy atom. The highest BCUT2D eigenvalue weighted by atomic mass is 16.2. The zero-order chi connectivity index (χ0) is 18.4. The first-order valence-electron chi connectivity index (χ1n) is 9.41. The molecule has 0 aromatic carbocycles. The van der Waals surface area contributed by atoms with Gasteiger partial charge in [-0.25, -0.2) is 4.98 Å². The molecule has 0 radical (unpaired) electrons. The predicted molar refractivity (Wildman–Crippen MR) is 96.7 cm³/mol. The molecule has 1 unspecified atom stereocenters. The maximum Gasteiger partial charge on any atom is 0.273 e. The highest BCUT2D eigenvalue weighted by molar-refractivity contribution is 5.91. The number of carbonyl (C=O) groups excluding carboxylic acids is 1. The topological polar surface area (TPSA) is 103 Å². The summed E-state index contributed by atoms with van der Waals surface area (Å²) < 4.78 is 3.61. The molecule has 26 heavy (non-hydrogen) atoms. The lowest BCUT2D eigenvalue weighted by Crippen LogP contribution is -2.34. The van der Waals surface area contributed by atoms with Crippen molar-refractivity contribution in [3.05, 3.63) is 23.5 Å². The van der Waals surface area contributed by atoms with Crippen LogP contribution in [0.2, 0.25) is 0 Å². The molecule has 9 nitrogen and oxygen atoms in total. The highest BCUT2D eigenvalue weighted by Crippen LogP contribution is 2.10. The van der Waals surface area contributed by atoms with Crippen molar-refractivity contribution in [3.63, 3.8) is 0 Å². The van der Waals surface area contributed by atoms with Gasteiger partial charge in [-0.2, -0.15) is 5.10 Å². The van der Waals surface area contributed by atoms with Crippen LogP contribution in [0.15, 0.2) is 6.20 Å². The van der Waals surface area contributed by atoms with Gasteiger partial charge < -0.3 is 10.6 Å². The first kappa shape index (κ1) is 18.5. The van der Waals surface area contributed by atoms with Gasteiger partial charge in [0.25, 0.3) is 5.91 Å². The highest BCUT2D eigenvalue weighted by Gasteiger charge is 2.14. The van der Waals surface area contributed by atoms with Crippen LogP contribution in [0.3, 0.4) is 0 Å². The second-order valence-corrected chi connectivity index (χ2v) is 6.84. The fourth-order valence-corrected chi connectivity index (χ4v) is 3.26. The number of amides is 1. The van der Waals surface area contributed by atoms with Crippen LogP contribution >= 0.6 is 0 Å². The summed E-state index contributed by atoms with van der Waals surface area (Å²) >= 11 is 0.